The van der Waals surface area contributed by atoms with E-state index in [0.717, 1.165) is 55.2 Å². The number of nitrogens with zero attached hydrogens (tertiary/aromatic N) is 2. The number of aliphatic hydroxyl groups excluding tert-OH is 2. The average Bonchev–Trinajstić information content (AvgIpc) is 3.85. The SMILES string of the molecule is O=C(N[C@@H](Cc1cn(C(c2ccccc2)(c2ccccc2)c2ccccc2)cn1)C(=O)N[C@@H](CC1CCCCC1)[C@@H](O)[C@@H](O)C1CC1)c1cc2cc(O)ccc2[nH]1. The third-order valence-electron chi connectivity index (χ3n) is 12.0. The highest BCUT2D eigenvalue weighted by Crippen LogP contribution is 2.41. The van der Waals surface area contributed by atoms with Crippen LogP contribution in [0.4, 0.5) is 0 Å². The number of rotatable bonds is 15. The molecule has 10 nitrogen and oxygen atoms in total. The number of amides is 2. The molecule has 6 aromatic rings. The molecule has 10 heteroatoms. The van der Waals surface area contributed by atoms with E-state index in [1.165, 1.54) is 6.42 Å². The number of aliphatic hydroxyl groups is 2. The van der Waals surface area contributed by atoms with E-state index in [4.69, 9.17) is 4.98 Å². The van der Waals surface area contributed by atoms with Gasteiger partial charge in [-0.05, 0) is 72.1 Å². The zero-order chi connectivity index (χ0) is 39.4. The van der Waals surface area contributed by atoms with Crippen LogP contribution < -0.4 is 10.6 Å². The second kappa shape index (κ2) is 16.8. The lowest BCUT2D eigenvalue weighted by atomic mass is 9.77. The maximum absolute atomic E-state index is 14.6. The smallest absolute Gasteiger partial charge is 0.268 e. The second-order valence-corrected chi connectivity index (χ2v) is 15.9. The summed E-state index contributed by atoms with van der Waals surface area (Å²) in [5.41, 5.74) is 3.72. The summed E-state index contributed by atoms with van der Waals surface area (Å²) < 4.78 is 2.07. The maximum atomic E-state index is 14.6. The van der Waals surface area contributed by atoms with E-state index in [0.29, 0.717) is 28.9 Å². The Bertz CT molecular complexity index is 2170. The van der Waals surface area contributed by atoms with E-state index >= 15 is 0 Å². The number of fused-ring (bicyclic) bond motifs is 1. The van der Waals surface area contributed by atoms with Gasteiger partial charge in [0.1, 0.15) is 29.1 Å². The summed E-state index contributed by atoms with van der Waals surface area (Å²) >= 11 is 0. The fourth-order valence-electron chi connectivity index (χ4n) is 8.84. The highest BCUT2D eigenvalue weighted by molar-refractivity contribution is 6.00. The van der Waals surface area contributed by atoms with Crippen molar-refractivity contribution in [1.29, 1.82) is 0 Å². The molecule has 0 radical (unpaired) electrons. The Balaban J connectivity index is 1.15. The lowest BCUT2D eigenvalue weighted by molar-refractivity contribution is -0.125. The fraction of sp³-hybridized carbons (Fsp3) is 0.340. The molecule has 294 valence electrons. The fourth-order valence-corrected chi connectivity index (χ4v) is 8.84. The quantitative estimate of drug-likeness (QED) is 0.0631. The van der Waals surface area contributed by atoms with Gasteiger partial charge in [0, 0.05) is 23.5 Å². The van der Waals surface area contributed by atoms with Gasteiger partial charge in [0.25, 0.3) is 5.91 Å². The van der Waals surface area contributed by atoms with Crippen molar-refractivity contribution in [2.45, 2.75) is 87.6 Å². The number of hydrogen-bond donors (Lipinski definition) is 6. The molecule has 6 N–H and O–H groups in total. The molecule has 2 aromatic heterocycles. The van der Waals surface area contributed by atoms with Crippen molar-refractivity contribution in [3.05, 3.63) is 156 Å². The molecule has 4 atom stereocenters. The predicted molar refractivity (Wildman–Crippen MR) is 220 cm³/mol. The van der Waals surface area contributed by atoms with Crippen LogP contribution in [0.15, 0.2) is 128 Å². The van der Waals surface area contributed by atoms with Crippen LogP contribution in [0, 0.1) is 11.8 Å². The van der Waals surface area contributed by atoms with E-state index in [1.54, 1.807) is 30.6 Å². The molecule has 0 unspecified atom stereocenters. The molecule has 2 aliphatic rings. The normalized spacial score (nSPS) is 17.1. The molecule has 0 bridgehead atoms. The van der Waals surface area contributed by atoms with Gasteiger partial charge in [-0.2, -0.15) is 0 Å². The van der Waals surface area contributed by atoms with Gasteiger partial charge >= 0.3 is 0 Å². The summed E-state index contributed by atoms with van der Waals surface area (Å²) in [6.45, 7) is 0. The Morgan fingerprint density at radius 1 is 0.789 bits per heavy atom. The van der Waals surface area contributed by atoms with Crippen LogP contribution in [0.2, 0.25) is 0 Å². The Morgan fingerprint density at radius 2 is 1.40 bits per heavy atom. The molecule has 4 aromatic carbocycles. The number of aromatic hydroxyl groups is 1. The Kier molecular flexibility index (Phi) is 11.2. The number of H-pyrrole nitrogens is 1. The van der Waals surface area contributed by atoms with Crippen molar-refractivity contribution in [3.63, 3.8) is 0 Å². The van der Waals surface area contributed by atoms with Gasteiger partial charge in [0.15, 0.2) is 0 Å². The first-order valence-corrected chi connectivity index (χ1v) is 20.3. The van der Waals surface area contributed by atoms with Crippen molar-refractivity contribution >= 4 is 22.7 Å². The van der Waals surface area contributed by atoms with E-state index in [-0.39, 0.29) is 23.8 Å². The molecule has 2 aliphatic carbocycles. The highest BCUT2D eigenvalue weighted by Gasteiger charge is 2.41. The van der Waals surface area contributed by atoms with Crippen molar-refractivity contribution in [1.82, 2.24) is 25.2 Å². The zero-order valence-electron chi connectivity index (χ0n) is 32.0. The molecule has 57 heavy (non-hydrogen) atoms. The lowest BCUT2D eigenvalue weighted by Gasteiger charge is -2.37. The molecular formula is C47H51N5O5. The molecule has 2 fully saturated rings. The minimum Gasteiger partial charge on any atom is -0.508 e. The predicted octanol–water partition coefficient (Wildman–Crippen LogP) is 6.84. The topological polar surface area (TPSA) is 152 Å². The number of carbonyl (C=O) groups is 2. The van der Waals surface area contributed by atoms with E-state index in [1.807, 2.05) is 60.8 Å². The number of hydrogen-bond acceptors (Lipinski definition) is 6. The van der Waals surface area contributed by atoms with Gasteiger partial charge in [-0.25, -0.2) is 4.98 Å². The minimum atomic E-state index is -1.14. The largest absolute Gasteiger partial charge is 0.508 e. The number of carbonyl (C=O) groups excluding carboxylic acids is 2. The number of benzene rings is 4. The van der Waals surface area contributed by atoms with Crippen molar-refractivity contribution in [2.24, 2.45) is 11.8 Å². The zero-order valence-corrected chi connectivity index (χ0v) is 32.0. The summed E-state index contributed by atoms with van der Waals surface area (Å²) in [4.78, 5) is 36.5. The van der Waals surface area contributed by atoms with Crippen molar-refractivity contribution < 1.29 is 24.9 Å². The van der Waals surface area contributed by atoms with Crippen LogP contribution in [0.3, 0.4) is 0 Å². The lowest BCUT2D eigenvalue weighted by Crippen LogP contribution is -2.56. The number of aromatic nitrogens is 3. The first-order valence-electron chi connectivity index (χ1n) is 20.3. The first kappa shape index (κ1) is 38.2. The van der Waals surface area contributed by atoms with Crippen LogP contribution in [0.5, 0.6) is 5.75 Å². The summed E-state index contributed by atoms with van der Waals surface area (Å²) in [6, 6.07) is 35.4. The van der Waals surface area contributed by atoms with Crippen molar-refractivity contribution in [2.75, 3.05) is 0 Å². The number of phenols is 1. The second-order valence-electron chi connectivity index (χ2n) is 15.9. The standard InChI is InChI=1S/C47H51N5O5/c53-38-23-24-39-33(26-38)27-41(49-39)45(56)51-42(46(57)50-40(25-31-13-5-1-6-14-31)44(55)43(54)32-21-22-32)28-37-29-52(30-48-37)47(34-15-7-2-8-16-34,35-17-9-3-10-18-35)36-19-11-4-12-20-36/h2-4,7-12,15-20,23-24,26-27,29-32,40,42-44,49,53-55H,1,5-6,13-14,21-22,25,28H2,(H,50,57)(H,51,56)/t40-,42-,43-,44+/m0/s1. The molecular weight excluding hydrogens is 715 g/mol. The summed E-state index contributed by atoms with van der Waals surface area (Å²) in [5.74, 6) is -0.547. The van der Waals surface area contributed by atoms with E-state index in [2.05, 4.69) is 56.6 Å². The van der Waals surface area contributed by atoms with Gasteiger partial charge in [-0.3, -0.25) is 9.59 Å². The molecule has 2 saturated carbocycles. The average molecular weight is 766 g/mol. The van der Waals surface area contributed by atoms with Gasteiger partial charge < -0.3 is 35.5 Å². The molecule has 0 spiro atoms. The van der Waals surface area contributed by atoms with Crippen LogP contribution in [0.1, 0.15) is 84.2 Å². The van der Waals surface area contributed by atoms with Gasteiger partial charge in [-0.1, -0.05) is 123 Å². The Labute approximate surface area is 333 Å². The Hall–Kier alpha value is -5.71. The molecule has 8 rings (SSSR count). The summed E-state index contributed by atoms with van der Waals surface area (Å²) in [7, 11) is 0. The number of nitrogens with one attached hydrogen (secondary N) is 3. The van der Waals surface area contributed by atoms with Gasteiger partial charge in [0.2, 0.25) is 5.91 Å². The number of imidazole rings is 1. The number of phenolic OH excluding ortho intramolecular Hbond substituents is 1. The third-order valence-corrected chi connectivity index (χ3v) is 12.0. The summed E-state index contributed by atoms with van der Waals surface area (Å²) in [5, 5.41) is 39.4. The van der Waals surface area contributed by atoms with Crippen molar-refractivity contribution in [3.8, 4) is 5.75 Å². The summed E-state index contributed by atoms with van der Waals surface area (Å²) in [6.07, 6.45) is 9.36. The highest BCUT2D eigenvalue weighted by atomic mass is 16.3. The van der Waals surface area contributed by atoms with Gasteiger partial charge in [-0.15, -0.1) is 0 Å². The third kappa shape index (κ3) is 8.24. The molecule has 0 aliphatic heterocycles. The van der Waals surface area contributed by atoms with E-state index in [9.17, 15) is 24.9 Å². The van der Waals surface area contributed by atoms with E-state index < -0.39 is 41.6 Å². The Morgan fingerprint density at radius 3 is 2.00 bits per heavy atom. The molecule has 0 saturated heterocycles. The van der Waals surface area contributed by atoms with Crippen LogP contribution in [-0.2, 0) is 16.8 Å². The molecule has 2 amide bonds. The van der Waals surface area contributed by atoms with Crippen LogP contribution in [0.25, 0.3) is 10.9 Å². The maximum Gasteiger partial charge on any atom is 0.268 e. The monoisotopic (exact) mass is 765 g/mol. The first-order chi connectivity index (χ1) is 27.8. The van der Waals surface area contributed by atoms with Crippen LogP contribution in [-0.4, -0.2) is 66.0 Å². The number of aromatic amines is 1. The van der Waals surface area contributed by atoms with Gasteiger partial charge in [0.05, 0.1) is 24.2 Å². The molecule has 2 heterocycles. The minimum absolute atomic E-state index is 0.0192. The van der Waals surface area contributed by atoms with Crippen LogP contribution >= 0.6 is 0 Å².